The molecule has 0 radical (unpaired) electrons. The van der Waals surface area contributed by atoms with Crippen molar-refractivity contribution in [2.45, 2.75) is 19.1 Å². The lowest BCUT2D eigenvalue weighted by Gasteiger charge is -2.28. The van der Waals surface area contributed by atoms with Gasteiger partial charge in [-0.25, -0.2) is 4.39 Å². The molecule has 1 amide bonds. The number of hydrogen-bond acceptors (Lipinski definition) is 2. The molecule has 0 fully saturated rings. The van der Waals surface area contributed by atoms with Gasteiger partial charge in [0.25, 0.3) is 5.91 Å². The molecule has 1 aliphatic rings. The van der Waals surface area contributed by atoms with Crippen LogP contribution in [0.5, 0.6) is 5.75 Å². The van der Waals surface area contributed by atoms with E-state index in [4.69, 9.17) is 11.6 Å². The Morgan fingerprint density at radius 1 is 1.25 bits per heavy atom. The number of hydrogen-bond donors (Lipinski definition) is 0. The number of alkyl halides is 4. The number of ether oxygens (including phenoxy) is 1. The Hall–Kier alpha value is -1.76. The Balaban J connectivity index is 2.20. The van der Waals surface area contributed by atoms with Crippen molar-refractivity contribution in [1.82, 2.24) is 0 Å². The average Bonchev–Trinajstić information content (AvgIpc) is 2.28. The molecule has 108 valence electrons. The Morgan fingerprint density at radius 2 is 1.85 bits per heavy atom. The molecule has 3 nitrogen and oxygen atoms in total. The number of benzene rings is 1. The van der Waals surface area contributed by atoms with Gasteiger partial charge < -0.3 is 4.74 Å². The summed E-state index contributed by atoms with van der Waals surface area (Å²) in [5, 5.41) is 0.0933. The molecule has 8 heteroatoms. The molecule has 1 aromatic rings. The predicted octanol–water partition coefficient (Wildman–Crippen LogP) is 3.74. The van der Waals surface area contributed by atoms with Gasteiger partial charge in [0, 0.05) is 23.2 Å². The van der Waals surface area contributed by atoms with Crippen molar-refractivity contribution in [3.8, 4) is 5.75 Å². The largest absolute Gasteiger partial charge is 0.573 e. The van der Waals surface area contributed by atoms with Gasteiger partial charge in [0.2, 0.25) is 0 Å². The van der Waals surface area contributed by atoms with Gasteiger partial charge in [-0.3, -0.25) is 9.69 Å². The number of nitrogens with zero attached hydrogens (tertiary/aromatic N) is 1. The number of anilines is 1. The quantitative estimate of drug-likeness (QED) is 0.615. The summed E-state index contributed by atoms with van der Waals surface area (Å²) in [7, 11) is 0. The zero-order valence-corrected chi connectivity index (χ0v) is 10.6. The smallest absolute Gasteiger partial charge is 0.406 e. The average molecular weight is 310 g/mol. The Morgan fingerprint density at radius 3 is 2.35 bits per heavy atom. The third-order valence-electron chi connectivity index (χ3n) is 2.51. The van der Waals surface area contributed by atoms with Gasteiger partial charge >= 0.3 is 6.36 Å². The fourth-order valence-corrected chi connectivity index (χ4v) is 1.97. The molecule has 1 heterocycles. The van der Waals surface area contributed by atoms with E-state index >= 15 is 0 Å². The number of halogens is 5. The summed E-state index contributed by atoms with van der Waals surface area (Å²) in [5.41, 5.74) is 0.123. The Kier molecular flexibility index (Phi) is 3.89. The maximum atomic E-state index is 13.8. The molecule has 2 rings (SSSR count). The minimum atomic E-state index is -4.80. The van der Waals surface area contributed by atoms with Crippen LogP contribution in [0.15, 0.2) is 35.4 Å². The minimum absolute atomic E-state index is 0.0933. The van der Waals surface area contributed by atoms with Gasteiger partial charge in [-0.15, -0.1) is 13.2 Å². The van der Waals surface area contributed by atoms with E-state index in [1.807, 2.05) is 0 Å². The highest BCUT2D eigenvalue weighted by molar-refractivity contribution is 6.32. The lowest BCUT2D eigenvalue weighted by Crippen LogP contribution is -2.39. The molecule has 0 N–H and O–H groups in total. The molecule has 0 saturated heterocycles. The van der Waals surface area contributed by atoms with Crippen LogP contribution in [0.3, 0.4) is 0 Å². The van der Waals surface area contributed by atoms with Gasteiger partial charge in [-0.1, -0.05) is 11.6 Å². The summed E-state index contributed by atoms with van der Waals surface area (Å²) >= 11 is 5.59. The summed E-state index contributed by atoms with van der Waals surface area (Å²) in [6.07, 6.45) is -5.55. The third kappa shape index (κ3) is 3.41. The van der Waals surface area contributed by atoms with Crippen LogP contribution in [0.25, 0.3) is 0 Å². The molecule has 20 heavy (non-hydrogen) atoms. The first kappa shape index (κ1) is 14.6. The van der Waals surface area contributed by atoms with Crippen LogP contribution in [-0.4, -0.2) is 18.6 Å². The second-order valence-corrected chi connectivity index (χ2v) is 4.47. The van der Waals surface area contributed by atoms with Crippen molar-refractivity contribution in [1.29, 1.82) is 0 Å². The van der Waals surface area contributed by atoms with Crippen LogP contribution in [-0.2, 0) is 4.79 Å². The topological polar surface area (TPSA) is 29.5 Å². The molecule has 1 unspecified atom stereocenters. The normalized spacial score (nSPS) is 19.9. The second-order valence-electron chi connectivity index (χ2n) is 3.98. The molecule has 0 aromatic heterocycles. The number of rotatable bonds is 2. The van der Waals surface area contributed by atoms with Crippen molar-refractivity contribution < 1.29 is 27.1 Å². The highest BCUT2D eigenvalue weighted by Gasteiger charge is 2.32. The van der Waals surface area contributed by atoms with Gasteiger partial charge in [-0.2, -0.15) is 0 Å². The van der Waals surface area contributed by atoms with Crippen molar-refractivity contribution in [2.75, 3.05) is 4.90 Å². The first-order valence-electron chi connectivity index (χ1n) is 5.45. The van der Waals surface area contributed by atoms with Gasteiger partial charge in [0.05, 0.1) is 0 Å². The molecule has 1 aliphatic heterocycles. The standard InChI is InChI=1S/C12H8ClF4NO2/c13-7-5-10(14)18(11(19)6-7)8-1-3-9(4-2-8)20-12(15,16)17/h1-4,6,10H,5H2. The molecule has 0 bridgehead atoms. The van der Waals surface area contributed by atoms with Crippen LogP contribution in [0.4, 0.5) is 23.2 Å². The van der Waals surface area contributed by atoms with Crippen molar-refractivity contribution in [2.24, 2.45) is 0 Å². The summed E-state index contributed by atoms with van der Waals surface area (Å²) < 4.78 is 53.4. The summed E-state index contributed by atoms with van der Waals surface area (Å²) in [5.74, 6) is -1.12. The van der Waals surface area contributed by atoms with E-state index in [0.717, 1.165) is 23.1 Å². The predicted molar refractivity (Wildman–Crippen MR) is 64.1 cm³/mol. The molecule has 0 spiro atoms. The lowest BCUT2D eigenvalue weighted by molar-refractivity contribution is -0.274. The summed E-state index contributed by atoms with van der Waals surface area (Å²) in [6, 6.07) is 4.34. The Labute approximate surface area is 116 Å². The number of carbonyl (C=O) groups is 1. The lowest BCUT2D eigenvalue weighted by atomic mass is 10.2. The maximum Gasteiger partial charge on any atom is 0.573 e. The van der Waals surface area contributed by atoms with Gasteiger partial charge in [0.15, 0.2) is 6.30 Å². The SMILES string of the molecule is O=C1C=C(Cl)CC(F)N1c1ccc(OC(F)(F)F)cc1. The van der Waals surface area contributed by atoms with Crippen molar-refractivity contribution in [3.63, 3.8) is 0 Å². The minimum Gasteiger partial charge on any atom is -0.406 e. The van der Waals surface area contributed by atoms with Crippen LogP contribution in [0.1, 0.15) is 6.42 Å². The molecule has 1 atom stereocenters. The molecular weight excluding hydrogens is 302 g/mol. The Bertz CT molecular complexity index is 541. The highest BCUT2D eigenvalue weighted by atomic mass is 35.5. The van der Waals surface area contributed by atoms with Crippen molar-refractivity contribution in [3.05, 3.63) is 35.4 Å². The molecule has 0 saturated carbocycles. The fraction of sp³-hybridized carbons (Fsp3) is 0.250. The second kappa shape index (κ2) is 5.32. The number of amides is 1. The first-order valence-corrected chi connectivity index (χ1v) is 5.83. The van der Waals surface area contributed by atoms with E-state index in [2.05, 4.69) is 4.74 Å². The monoisotopic (exact) mass is 309 g/mol. The molecular formula is C12H8ClF4NO2. The van der Waals surface area contributed by atoms with E-state index in [-0.39, 0.29) is 17.1 Å². The van der Waals surface area contributed by atoms with E-state index in [1.54, 1.807) is 0 Å². The maximum absolute atomic E-state index is 13.8. The zero-order valence-electron chi connectivity index (χ0n) is 9.82. The van der Waals surface area contributed by atoms with E-state index in [9.17, 15) is 22.4 Å². The van der Waals surface area contributed by atoms with Crippen LogP contribution >= 0.6 is 11.6 Å². The summed E-state index contributed by atoms with van der Waals surface area (Å²) in [4.78, 5) is 12.5. The number of carbonyl (C=O) groups excluding carboxylic acids is 1. The van der Waals surface area contributed by atoms with Crippen LogP contribution in [0.2, 0.25) is 0 Å². The van der Waals surface area contributed by atoms with Crippen molar-refractivity contribution >= 4 is 23.2 Å². The van der Waals surface area contributed by atoms with Crippen LogP contribution in [0, 0.1) is 0 Å². The van der Waals surface area contributed by atoms with E-state index in [1.165, 1.54) is 12.1 Å². The fourth-order valence-electron chi connectivity index (χ4n) is 1.75. The first-order chi connectivity index (χ1) is 9.26. The van der Waals surface area contributed by atoms with E-state index in [0.29, 0.717) is 0 Å². The molecule has 1 aromatic carbocycles. The highest BCUT2D eigenvalue weighted by Crippen LogP contribution is 2.30. The molecule has 0 aliphatic carbocycles. The van der Waals surface area contributed by atoms with Gasteiger partial charge in [0.1, 0.15) is 5.75 Å². The van der Waals surface area contributed by atoms with Gasteiger partial charge in [-0.05, 0) is 24.3 Å². The zero-order chi connectivity index (χ0) is 14.9. The third-order valence-corrected chi connectivity index (χ3v) is 2.77. The van der Waals surface area contributed by atoms with E-state index < -0.39 is 24.3 Å². The van der Waals surface area contributed by atoms with Crippen LogP contribution < -0.4 is 9.64 Å². The summed E-state index contributed by atoms with van der Waals surface area (Å²) in [6.45, 7) is 0.